The van der Waals surface area contributed by atoms with Gasteiger partial charge in [0.2, 0.25) is 0 Å². The summed E-state index contributed by atoms with van der Waals surface area (Å²) in [5.74, 6) is -3.68. The molecular weight excluding hydrogens is 356 g/mol. The van der Waals surface area contributed by atoms with Crippen LogP contribution in [0, 0.1) is 0 Å². The van der Waals surface area contributed by atoms with Crippen molar-refractivity contribution in [2.75, 3.05) is 14.2 Å². The van der Waals surface area contributed by atoms with Crippen molar-refractivity contribution in [1.82, 2.24) is 0 Å². The molecule has 0 aliphatic rings. The topological polar surface area (TPSA) is 123 Å². The van der Waals surface area contributed by atoms with Crippen molar-refractivity contribution in [3.63, 3.8) is 0 Å². The predicted octanol–water partition coefficient (Wildman–Crippen LogP) is 2.31. The molecule has 8 heteroatoms. The Bertz CT molecular complexity index is 824. The average Bonchev–Trinajstić information content (AvgIpc) is 2.59. The third-order valence-electron chi connectivity index (χ3n) is 3.84. The summed E-state index contributed by atoms with van der Waals surface area (Å²) < 4.78 is 15.4. The fraction of sp³-hybridized carbons (Fsp3) is 0.263. The molecule has 2 rings (SSSR count). The van der Waals surface area contributed by atoms with Gasteiger partial charge in [-0.2, -0.15) is 0 Å². The number of benzene rings is 2. The van der Waals surface area contributed by atoms with E-state index in [0.29, 0.717) is 5.56 Å². The smallest absolute Gasteiger partial charge is 0.308 e. The van der Waals surface area contributed by atoms with Crippen LogP contribution in [0.3, 0.4) is 0 Å². The van der Waals surface area contributed by atoms with Crippen LogP contribution in [0.25, 0.3) is 0 Å². The first-order valence-corrected chi connectivity index (χ1v) is 7.91. The standard InChI is InChI=1S/C19H20O8/c1-10(20)27-15-9-13(22)8-14(23)17(15)18(24)16(19(25-2)26-3)11-4-6-12(21)7-5-11/h4-9,16,19,21-23H,1-3H3. The van der Waals surface area contributed by atoms with E-state index in [0.717, 1.165) is 19.1 Å². The molecule has 0 spiro atoms. The Kier molecular flexibility index (Phi) is 6.38. The second-order valence-electron chi connectivity index (χ2n) is 5.70. The van der Waals surface area contributed by atoms with Crippen molar-refractivity contribution >= 4 is 11.8 Å². The first-order valence-electron chi connectivity index (χ1n) is 7.91. The van der Waals surface area contributed by atoms with Crippen LogP contribution in [-0.4, -0.2) is 47.6 Å². The van der Waals surface area contributed by atoms with Gasteiger partial charge in [0, 0.05) is 33.3 Å². The highest BCUT2D eigenvalue weighted by molar-refractivity contribution is 6.06. The van der Waals surface area contributed by atoms with Crippen molar-refractivity contribution in [3.05, 3.63) is 47.5 Å². The summed E-state index contributed by atoms with van der Waals surface area (Å²) in [6, 6.07) is 7.81. The quantitative estimate of drug-likeness (QED) is 0.291. The van der Waals surface area contributed by atoms with Crippen LogP contribution >= 0.6 is 0 Å². The summed E-state index contributed by atoms with van der Waals surface area (Å²) in [6.45, 7) is 1.12. The lowest BCUT2D eigenvalue weighted by atomic mass is 9.89. The zero-order valence-corrected chi connectivity index (χ0v) is 15.0. The van der Waals surface area contributed by atoms with Crippen molar-refractivity contribution in [1.29, 1.82) is 0 Å². The molecule has 0 heterocycles. The summed E-state index contributed by atoms with van der Waals surface area (Å²) in [5, 5.41) is 29.4. The molecular formula is C19H20O8. The molecule has 8 nitrogen and oxygen atoms in total. The molecule has 0 bridgehead atoms. The Balaban J connectivity index is 2.61. The molecule has 3 N–H and O–H groups in total. The number of phenols is 3. The molecule has 0 radical (unpaired) electrons. The molecule has 2 aromatic carbocycles. The highest BCUT2D eigenvalue weighted by atomic mass is 16.7. The van der Waals surface area contributed by atoms with Crippen LogP contribution in [0.15, 0.2) is 36.4 Å². The molecule has 0 aromatic heterocycles. The van der Waals surface area contributed by atoms with Crippen LogP contribution < -0.4 is 4.74 Å². The summed E-state index contributed by atoms with van der Waals surface area (Å²) in [4.78, 5) is 24.6. The second kappa shape index (κ2) is 8.52. The number of aromatic hydroxyl groups is 3. The molecule has 27 heavy (non-hydrogen) atoms. The van der Waals surface area contributed by atoms with Crippen molar-refractivity contribution in [3.8, 4) is 23.0 Å². The summed E-state index contributed by atoms with van der Waals surface area (Å²) in [7, 11) is 2.69. The lowest BCUT2D eigenvalue weighted by Crippen LogP contribution is -2.30. The molecule has 0 saturated carbocycles. The van der Waals surface area contributed by atoms with Gasteiger partial charge in [-0.1, -0.05) is 12.1 Å². The normalized spacial score (nSPS) is 12.0. The third kappa shape index (κ3) is 4.55. The predicted molar refractivity (Wildman–Crippen MR) is 94.1 cm³/mol. The van der Waals surface area contributed by atoms with E-state index in [9.17, 15) is 24.9 Å². The lowest BCUT2D eigenvalue weighted by molar-refractivity contribution is -0.131. The van der Waals surface area contributed by atoms with E-state index in [2.05, 4.69) is 0 Å². The molecule has 1 atom stereocenters. The molecule has 0 saturated heterocycles. The van der Waals surface area contributed by atoms with E-state index in [-0.39, 0.29) is 22.8 Å². The fourth-order valence-corrected chi connectivity index (χ4v) is 2.71. The molecule has 2 aromatic rings. The number of carbonyl (C=O) groups is 2. The van der Waals surface area contributed by atoms with Gasteiger partial charge in [0.25, 0.3) is 0 Å². The SMILES string of the molecule is COC(OC)C(C(=O)c1c(O)cc(O)cc1OC(C)=O)c1ccc(O)cc1. The van der Waals surface area contributed by atoms with Gasteiger partial charge in [0.05, 0.1) is 5.92 Å². The Labute approximate surface area is 155 Å². The number of methoxy groups -OCH3 is 2. The van der Waals surface area contributed by atoms with E-state index < -0.39 is 29.7 Å². The average molecular weight is 376 g/mol. The van der Waals surface area contributed by atoms with Gasteiger partial charge < -0.3 is 29.5 Å². The number of ketones is 1. The minimum absolute atomic E-state index is 0.00409. The zero-order valence-electron chi connectivity index (χ0n) is 15.0. The molecule has 0 fully saturated rings. The van der Waals surface area contributed by atoms with Crippen molar-refractivity contribution in [2.45, 2.75) is 19.1 Å². The van der Waals surface area contributed by atoms with E-state index in [4.69, 9.17) is 14.2 Å². The Hall–Kier alpha value is -3.10. The monoisotopic (exact) mass is 376 g/mol. The van der Waals surface area contributed by atoms with Gasteiger partial charge in [-0.05, 0) is 17.7 Å². The number of ether oxygens (including phenoxy) is 3. The molecule has 0 amide bonds. The number of phenolic OH excluding ortho intramolecular Hbond substituents is 3. The van der Waals surface area contributed by atoms with E-state index in [1.165, 1.54) is 38.5 Å². The minimum Gasteiger partial charge on any atom is -0.508 e. The Morgan fingerprint density at radius 2 is 1.52 bits per heavy atom. The van der Waals surface area contributed by atoms with Gasteiger partial charge in [-0.3, -0.25) is 9.59 Å². The lowest BCUT2D eigenvalue weighted by Gasteiger charge is -2.25. The minimum atomic E-state index is -1.05. The maximum atomic E-state index is 13.3. The van der Waals surface area contributed by atoms with Gasteiger partial charge in [-0.25, -0.2) is 0 Å². The largest absolute Gasteiger partial charge is 0.508 e. The fourth-order valence-electron chi connectivity index (χ4n) is 2.71. The number of esters is 1. The van der Waals surface area contributed by atoms with Gasteiger partial charge >= 0.3 is 5.97 Å². The van der Waals surface area contributed by atoms with Crippen LogP contribution in [-0.2, 0) is 14.3 Å². The number of rotatable bonds is 7. The van der Waals surface area contributed by atoms with E-state index >= 15 is 0 Å². The van der Waals surface area contributed by atoms with Crippen LogP contribution in [0.1, 0.15) is 28.8 Å². The van der Waals surface area contributed by atoms with Gasteiger partial charge in [0.15, 0.2) is 12.1 Å². The van der Waals surface area contributed by atoms with Crippen LogP contribution in [0.2, 0.25) is 0 Å². The first-order chi connectivity index (χ1) is 12.8. The molecule has 0 aliphatic heterocycles. The third-order valence-corrected chi connectivity index (χ3v) is 3.84. The summed E-state index contributed by atoms with van der Waals surface area (Å²) >= 11 is 0. The number of Topliss-reactive ketones (excluding diaryl/α,β-unsaturated/α-hetero) is 1. The Morgan fingerprint density at radius 1 is 0.926 bits per heavy atom. The molecule has 144 valence electrons. The van der Waals surface area contributed by atoms with Gasteiger partial charge in [0.1, 0.15) is 28.6 Å². The van der Waals surface area contributed by atoms with Crippen LogP contribution in [0.4, 0.5) is 0 Å². The van der Waals surface area contributed by atoms with E-state index in [1.54, 1.807) is 0 Å². The summed E-state index contributed by atoms with van der Waals surface area (Å²) in [5.41, 5.74) is 0.132. The second-order valence-corrected chi connectivity index (χ2v) is 5.70. The zero-order chi connectivity index (χ0) is 20.1. The number of hydrogen-bond acceptors (Lipinski definition) is 8. The maximum absolute atomic E-state index is 13.3. The van der Waals surface area contributed by atoms with Crippen molar-refractivity contribution < 1.29 is 39.1 Å². The first kappa shape index (κ1) is 20.2. The molecule has 0 aliphatic carbocycles. The maximum Gasteiger partial charge on any atom is 0.308 e. The Morgan fingerprint density at radius 3 is 2.04 bits per heavy atom. The van der Waals surface area contributed by atoms with Crippen LogP contribution in [0.5, 0.6) is 23.0 Å². The summed E-state index contributed by atoms with van der Waals surface area (Å²) in [6.07, 6.45) is -1.03. The van der Waals surface area contributed by atoms with E-state index in [1.807, 2.05) is 0 Å². The highest BCUT2D eigenvalue weighted by Gasteiger charge is 2.35. The number of hydrogen-bond donors (Lipinski definition) is 3. The van der Waals surface area contributed by atoms with Gasteiger partial charge in [-0.15, -0.1) is 0 Å². The number of carbonyl (C=O) groups excluding carboxylic acids is 2. The van der Waals surface area contributed by atoms with Crippen molar-refractivity contribution in [2.24, 2.45) is 0 Å². The highest BCUT2D eigenvalue weighted by Crippen LogP contribution is 2.38. The molecule has 1 unspecified atom stereocenters.